The smallest absolute Gasteiger partial charge is 0.321 e. The zero-order chi connectivity index (χ0) is 20.3. The minimum Gasteiger partial charge on any atom is -0.332 e. The molecule has 7 rings (SSSR count). The maximum absolute atomic E-state index is 13.0. The summed E-state index contributed by atoms with van der Waals surface area (Å²) in [7, 11) is 0. The molecule has 4 bridgehead atoms. The fourth-order valence-corrected chi connectivity index (χ4v) is 7.81. The van der Waals surface area contributed by atoms with Crippen molar-refractivity contribution in [3.63, 3.8) is 0 Å². The van der Waals surface area contributed by atoms with Crippen LogP contribution in [0.25, 0.3) is 10.2 Å². The SMILES string of the molecule is Cc1ccc(C23C[C@@H]4C[C@@H](CC(NC(=O)Nc5nc6ccccc6s5)(C4)C2)C3)cc1. The first kappa shape index (κ1) is 18.4. The Morgan fingerprint density at radius 3 is 2.50 bits per heavy atom. The summed E-state index contributed by atoms with van der Waals surface area (Å²) in [4.78, 5) is 17.6. The number of hydrogen-bond acceptors (Lipinski definition) is 3. The number of rotatable bonds is 3. The Morgan fingerprint density at radius 1 is 1.03 bits per heavy atom. The number of aryl methyl sites for hydroxylation is 1. The maximum atomic E-state index is 13.0. The summed E-state index contributed by atoms with van der Waals surface area (Å²) < 4.78 is 1.10. The Hall–Kier alpha value is -2.40. The molecule has 2 amide bonds. The first-order valence-corrected chi connectivity index (χ1v) is 11.8. The molecule has 0 spiro atoms. The van der Waals surface area contributed by atoms with Crippen LogP contribution in [-0.4, -0.2) is 16.6 Å². The molecule has 5 heteroatoms. The molecule has 4 aliphatic carbocycles. The lowest BCUT2D eigenvalue weighted by Crippen LogP contribution is -2.64. The van der Waals surface area contributed by atoms with E-state index in [0.717, 1.165) is 41.3 Å². The topological polar surface area (TPSA) is 54.0 Å². The van der Waals surface area contributed by atoms with Gasteiger partial charge in [-0.15, -0.1) is 0 Å². The summed E-state index contributed by atoms with van der Waals surface area (Å²) in [6, 6.07) is 17.1. The van der Waals surface area contributed by atoms with Crippen molar-refractivity contribution in [3.8, 4) is 0 Å². The second kappa shape index (κ2) is 6.55. The van der Waals surface area contributed by atoms with Crippen molar-refractivity contribution in [3.05, 3.63) is 59.7 Å². The lowest BCUT2D eigenvalue weighted by atomic mass is 9.45. The number of nitrogens with one attached hydrogen (secondary N) is 2. The number of hydrogen-bond donors (Lipinski definition) is 2. The van der Waals surface area contributed by atoms with Crippen molar-refractivity contribution in [1.82, 2.24) is 10.3 Å². The second-order valence-corrected chi connectivity index (χ2v) is 11.0. The molecule has 1 aromatic heterocycles. The van der Waals surface area contributed by atoms with E-state index in [1.807, 2.05) is 24.3 Å². The van der Waals surface area contributed by atoms with Gasteiger partial charge in [-0.05, 0) is 80.4 Å². The summed E-state index contributed by atoms with van der Waals surface area (Å²) in [5.74, 6) is 1.44. The molecule has 3 aromatic rings. The largest absolute Gasteiger partial charge is 0.332 e. The fraction of sp³-hybridized carbons (Fsp3) is 0.440. The third-order valence-electron chi connectivity index (χ3n) is 7.62. The number of carbonyl (C=O) groups is 1. The van der Waals surface area contributed by atoms with E-state index in [-0.39, 0.29) is 17.0 Å². The van der Waals surface area contributed by atoms with Crippen LogP contribution in [0.15, 0.2) is 48.5 Å². The average Bonchev–Trinajstić information content (AvgIpc) is 3.08. The number of fused-ring (bicyclic) bond motifs is 1. The molecule has 4 fully saturated rings. The van der Waals surface area contributed by atoms with Crippen LogP contribution in [0.2, 0.25) is 0 Å². The van der Waals surface area contributed by atoms with Crippen molar-refractivity contribution in [2.24, 2.45) is 11.8 Å². The molecule has 0 saturated heterocycles. The van der Waals surface area contributed by atoms with E-state index in [1.165, 1.54) is 41.7 Å². The number of amides is 2. The number of benzene rings is 2. The van der Waals surface area contributed by atoms with Gasteiger partial charge < -0.3 is 5.32 Å². The van der Waals surface area contributed by atoms with Crippen molar-refractivity contribution in [2.45, 2.75) is 56.4 Å². The van der Waals surface area contributed by atoms with Gasteiger partial charge in [-0.2, -0.15) is 0 Å². The Labute approximate surface area is 181 Å². The van der Waals surface area contributed by atoms with Crippen LogP contribution in [0.5, 0.6) is 0 Å². The van der Waals surface area contributed by atoms with Gasteiger partial charge in [-0.3, -0.25) is 5.32 Å². The van der Waals surface area contributed by atoms with Crippen molar-refractivity contribution < 1.29 is 4.79 Å². The molecular formula is C25H27N3OS. The average molecular weight is 418 g/mol. The Morgan fingerprint density at radius 2 is 1.77 bits per heavy atom. The molecule has 2 aromatic carbocycles. The number of para-hydroxylation sites is 1. The summed E-state index contributed by atoms with van der Waals surface area (Å²) in [5, 5.41) is 7.14. The molecule has 154 valence electrons. The van der Waals surface area contributed by atoms with Gasteiger partial charge in [-0.1, -0.05) is 53.3 Å². The van der Waals surface area contributed by atoms with E-state index in [9.17, 15) is 4.79 Å². The summed E-state index contributed by atoms with van der Waals surface area (Å²) in [5.41, 5.74) is 3.86. The number of nitrogens with zero attached hydrogens (tertiary/aromatic N) is 1. The van der Waals surface area contributed by atoms with Crippen LogP contribution in [0.1, 0.15) is 49.7 Å². The molecule has 30 heavy (non-hydrogen) atoms. The molecule has 0 radical (unpaired) electrons. The lowest BCUT2D eigenvalue weighted by molar-refractivity contribution is -0.0343. The molecule has 4 aliphatic rings. The van der Waals surface area contributed by atoms with Gasteiger partial charge >= 0.3 is 6.03 Å². The lowest BCUT2D eigenvalue weighted by Gasteiger charge is -2.62. The standard InChI is InChI=1S/C25H27N3OS/c1-16-6-8-19(9-7-16)24-11-17-10-18(12-24)14-25(13-17,15-24)28-22(29)27-23-26-20-4-2-3-5-21(20)30-23/h2-9,17-18H,10-15H2,1H3,(H2,26,27,28,29)/t17-,18+,24?,25?. The number of urea groups is 1. The van der Waals surface area contributed by atoms with Gasteiger partial charge in [0.15, 0.2) is 5.13 Å². The normalized spacial score (nSPS) is 31.8. The molecule has 4 nitrogen and oxygen atoms in total. The van der Waals surface area contributed by atoms with Gasteiger partial charge in [0.1, 0.15) is 0 Å². The van der Waals surface area contributed by atoms with Crippen molar-refractivity contribution in [2.75, 3.05) is 5.32 Å². The van der Waals surface area contributed by atoms with Crippen LogP contribution >= 0.6 is 11.3 Å². The summed E-state index contributed by atoms with van der Waals surface area (Å²) in [6.45, 7) is 2.15. The number of carbonyl (C=O) groups excluding carboxylic acids is 1. The first-order chi connectivity index (χ1) is 14.5. The third kappa shape index (κ3) is 3.02. The highest BCUT2D eigenvalue weighted by atomic mass is 32.1. The summed E-state index contributed by atoms with van der Waals surface area (Å²) in [6.07, 6.45) is 7.17. The van der Waals surface area contributed by atoms with E-state index in [2.05, 4.69) is 46.8 Å². The van der Waals surface area contributed by atoms with E-state index in [4.69, 9.17) is 0 Å². The fourth-order valence-electron chi connectivity index (χ4n) is 6.95. The van der Waals surface area contributed by atoms with E-state index in [0.29, 0.717) is 5.13 Å². The number of anilines is 1. The zero-order valence-corrected chi connectivity index (χ0v) is 18.1. The maximum Gasteiger partial charge on any atom is 0.321 e. The molecular weight excluding hydrogens is 390 g/mol. The Kier molecular flexibility index (Phi) is 4.01. The van der Waals surface area contributed by atoms with E-state index in [1.54, 1.807) is 0 Å². The molecule has 0 aliphatic heterocycles. The van der Waals surface area contributed by atoms with Crippen LogP contribution in [0, 0.1) is 18.8 Å². The highest BCUT2D eigenvalue weighted by Crippen LogP contribution is 2.62. The number of thiazole rings is 1. The van der Waals surface area contributed by atoms with Gasteiger partial charge in [0.25, 0.3) is 0 Å². The minimum atomic E-state index is -0.102. The van der Waals surface area contributed by atoms with Crippen LogP contribution < -0.4 is 10.6 Å². The van der Waals surface area contributed by atoms with Crippen LogP contribution in [-0.2, 0) is 5.41 Å². The van der Waals surface area contributed by atoms with E-state index < -0.39 is 0 Å². The molecule has 2 unspecified atom stereocenters. The van der Waals surface area contributed by atoms with Crippen molar-refractivity contribution in [1.29, 1.82) is 0 Å². The Balaban J connectivity index is 1.25. The highest BCUT2D eigenvalue weighted by molar-refractivity contribution is 7.22. The molecule has 2 N–H and O–H groups in total. The summed E-state index contributed by atoms with van der Waals surface area (Å²) >= 11 is 1.53. The van der Waals surface area contributed by atoms with Gasteiger partial charge in [0, 0.05) is 5.54 Å². The minimum absolute atomic E-state index is 0.0876. The third-order valence-corrected chi connectivity index (χ3v) is 8.57. The second-order valence-electron chi connectivity index (χ2n) is 9.95. The van der Waals surface area contributed by atoms with Gasteiger partial charge in [0.2, 0.25) is 0 Å². The monoisotopic (exact) mass is 417 g/mol. The molecule has 4 saturated carbocycles. The molecule has 1 heterocycles. The van der Waals surface area contributed by atoms with Crippen molar-refractivity contribution >= 4 is 32.7 Å². The quantitative estimate of drug-likeness (QED) is 0.548. The van der Waals surface area contributed by atoms with E-state index >= 15 is 0 Å². The number of aromatic nitrogens is 1. The predicted octanol–water partition coefficient (Wildman–Crippen LogP) is 6.02. The predicted molar refractivity (Wildman–Crippen MR) is 122 cm³/mol. The van der Waals surface area contributed by atoms with Crippen LogP contribution in [0.3, 0.4) is 0 Å². The van der Waals surface area contributed by atoms with Crippen LogP contribution in [0.4, 0.5) is 9.93 Å². The zero-order valence-electron chi connectivity index (χ0n) is 17.3. The highest BCUT2D eigenvalue weighted by Gasteiger charge is 2.58. The first-order valence-electron chi connectivity index (χ1n) is 11.0. The van der Waals surface area contributed by atoms with Gasteiger partial charge in [0.05, 0.1) is 10.2 Å². The van der Waals surface area contributed by atoms with Gasteiger partial charge in [-0.25, -0.2) is 9.78 Å². The Bertz CT molecular complexity index is 1070. The molecule has 4 atom stereocenters.